The van der Waals surface area contributed by atoms with E-state index in [4.69, 9.17) is 33.1 Å². The number of anilines is 2. The number of piperidine rings is 1. The van der Waals surface area contributed by atoms with E-state index < -0.39 is 0 Å². The predicted octanol–water partition coefficient (Wildman–Crippen LogP) is 4.26. The van der Waals surface area contributed by atoms with Crippen LogP contribution < -0.4 is 11.5 Å². The first-order valence-electron chi connectivity index (χ1n) is 12.0. The van der Waals surface area contributed by atoms with E-state index in [9.17, 15) is 0 Å². The van der Waals surface area contributed by atoms with Gasteiger partial charge < -0.3 is 21.3 Å². The number of nitrogens with zero attached hydrogens (tertiary/aromatic N) is 6. The van der Waals surface area contributed by atoms with Gasteiger partial charge in [0.25, 0.3) is 0 Å². The third-order valence-electron chi connectivity index (χ3n) is 7.36. The molecule has 3 aliphatic heterocycles. The lowest BCUT2D eigenvalue weighted by Crippen LogP contribution is -2.43. The molecule has 1 saturated heterocycles. The summed E-state index contributed by atoms with van der Waals surface area (Å²) in [6.07, 6.45) is 13.9. The molecule has 0 aromatic carbocycles. The number of halogens is 1. The van der Waals surface area contributed by atoms with E-state index >= 15 is 0 Å². The Morgan fingerprint density at radius 1 is 1.08 bits per heavy atom. The topological polar surface area (TPSA) is 109 Å². The van der Waals surface area contributed by atoms with Crippen LogP contribution in [0.5, 0.6) is 0 Å². The van der Waals surface area contributed by atoms with E-state index in [0.29, 0.717) is 16.7 Å². The van der Waals surface area contributed by atoms with E-state index in [2.05, 4.69) is 20.9 Å². The average Bonchev–Trinajstić information content (AvgIpc) is 3.21. The number of likely N-dealkylation sites (N-methyl/N-ethyl adjacent to an activating group) is 1. The second-order valence-corrected chi connectivity index (χ2v) is 11.1. The zero-order valence-electron chi connectivity index (χ0n) is 20.0. The van der Waals surface area contributed by atoms with Crippen molar-refractivity contribution in [2.24, 2.45) is 15.4 Å². The summed E-state index contributed by atoms with van der Waals surface area (Å²) in [5.41, 5.74) is 14.6. The van der Waals surface area contributed by atoms with Crippen LogP contribution in [0.15, 0.2) is 74.4 Å². The first kappa shape index (κ1) is 23.1. The molecule has 4 aliphatic rings. The van der Waals surface area contributed by atoms with Crippen molar-refractivity contribution >= 4 is 46.7 Å². The maximum Gasteiger partial charge on any atom is 0.147 e. The number of nitrogens with two attached hydrogens (primary N) is 2. The summed E-state index contributed by atoms with van der Waals surface area (Å²) in [7, 11) is 1.99. The smallest absolute Gasteiger partial charge is 0.147 e. The van der Waals surface area contributed by atoms with Crippen LogP contribution in [0.4, 0.5) is 11.6 Å². The zero-order chi connectivity index (χ0) is 24.9. The van der Waals surface area contributed by atoms with Gasteiger partial charge in [0.15, 0.2) is 0 Å². The molecular formula is C26H27ClN8S. The number of rotatable bonds is 2. The van der Waals surface area contributed by atoms with Crippen LogP contribution in [-0.4, -0.2) is 51.6 Å². The highest BCUT2D eigenvalue weighted by atomic mass is 35.5. The maximum atomic E-state index is 6.37. The van der Waals surface area contributed by atoms with Gasteiger partial charge in [-0.25, -0.2) is 20.0 Å². The minimum absolute atomic E-state index is 0.282. The van der Waals surface area contributed by atoms with Crippen molar-refractivity contribution in [2.75, 3.05) is 31.6 Å². The fourth-order valence-corrected chi connectivity index (χ4v) is 6.55. The van der Waals surface area contributed by atoms with E-state index in [1.54, 1.807) is 6.20 Å². The molecule has 0 saturated carbocycles. The van der Waals surface area contributed by atoms with Crippen LogP contribution in [-0.2, 0) is 12.8 Å². The summed E-state index contributed by atoms with van der Waals surface area (Å²) >= 11 is 7.88. The van der Waals surface area contributed by atoms with Crippen LogP contribution in [0, 0.1) is 5.41 Å². The van der Waals surface area contributed by atoms with Gasteiger partial charge in [-0.2, -0.15) is 0 Å². The van der Waals surface area contributed by atoms with Gasteiger partial charge >= 0.3 is 0 Å². The Kier molecular flexibility index (Phi) is 5.76. The molecule has 6 rings (SSSR count). The zero-order valence-corrected chi connectivity index (χ0v) is 21.6. The highest BCUT2D eigenvalue weighted by Crippen LogP contribution is 2.44. The molecule has 184 valence electrons. The van der Waals surface area contributed by atoms with E-state index in [0.717, 1.165) is 66.1 Å². The minimum Gasteiger partial charge on any atom is -0.384 e. The van der Waals surface area contributed by atoms with E-state index in [1.165, 1.54) is 23.0 Å². The number of likely N-dealkylation sites (tertiary alicyclic amines) is 1. The third-order valence-corrected chi connectivity index (χ3v) is 8.97. The Hall–Kier alpha value is -3.30. The standard InChI is InChI=1S/C26H27ClN8S/c1-34-21-5-3-19(36-18-6-10-30-24(29)23(18)27)25(34)31-11-7-22(33-21)35-12-8-26(9-13-35)14-16-2-4-20(28)32-17(16)15-26/h2-7,10-11H,8-9,12-15H2,1H3,(H2,28,32)(H2,29,30)/b11-7+,22-7?,31-11?,31-25-,33-21?,33-22+. The molecule has 0 radical (unpaired) electrons. The Morgan fingerprint density at radius 3 is 2.75 bits per heavy atom. The van der Waals surface area contributed by atoms with Gasteiger partial charge in [0.2, 0.25) is 0 Å². The molecule has 5 heterocycles. The van der Waals surface area contributed by atoms with Crippen molar-refractivity contribution in [1.82, 2.24) is 19.8 Å². The van der Waals surface area contributed by atoms with Gasteiger partial charge in [0.1, 0.15) is 29.1 Å². The quantitative estimate of drug-likeness (QED) is 0.611. The van der Waals surface area contributed by atoms with Crippen LogP contribution in [0.2, 0.25) is 5.02 Å². The molecule has 2 aromatic heterocycles. The van der Waals surface area contributed by atoms with Crippen molar-refractivity contribution in [2.45, 2.75) is 30.6 Å². The number of nitrogen functional groups attached to an aromatic ring is 2. The molecule has 10 heteroatoms. The van der Waals surface area contributed by atoms with Crippen molar-refractivity contribution in [3.05, 3.63) is 75.8 Å². The lowest BCUT2D eigenvalue weighted by atomic mass is 9.76. The second kappa shape index (κ2) is 8.97. The van der Waals surface area contributed by atoms with Gasteiger partial charge in [-0.1, -0.05) is 29.4 Å². The summed E-state index contributed by atoms with van der Waals surface area (Å²) < 4.78 is 0. The van der Waals surface area contributed by atoms with Crippen molar-refractivity contribution in [3.63, 3.8) is 0 Å². The largest absolute Gasteiger partial charge is 0.384 e. The fraction of sp³-hybridized carbons (Fsp3) is 0.308. The van der Waals surface area contributed by atoms with Crippen LogP contribution >= 0.6 is 23.4 Å². The number of thioether (sulfide) groups is 1. The molecule has 8 nitrogen and oxygen atoms in total. The lowest BCUT2D eigenvalue weighted by molar-refractivity contribution is 0.158. The summed E-state index contributed by atoms with van der Waals surface area (Å²) in [6, 6.07) is 5.93. The first-order chi connectivity index (χ1) is 17.4. The second-order valence-electron chi connectivity index (χ2n) is 9.65. The average molecular weight is 519 g/mol. The van der Waals surface area contributed by atoms with Crippen LogP contribution in [0.25, 0.3) is 0 Å². The van der Waals surface area contributed by atoms with Crippen LogP contribution in [0.1, 0.15) is 24.1 Å². The Morgan fingerprint density at radius 2 is 1.92 bits per heavy atom. The Bertz CT molecular complexity index is 1380. The molecule has 2 aromatic rings. The van der Waals surface area contributed by atoms with E-state index in [-0.39, 0.29) is 5.41 Å². The number of amidine groups is 2. The summed E-state index contributed by atoms with van der Waals surface area (Å²) in [5.74, 6) is 3.55. The monoisotopic (exact) mass is 518 g/mol. The molecule has 36 heavy (non-hydrogen) atoms. The number of hydrogen-bond donors (Lipinski definition) is 2. The molecule has 1 aliphatic carbocycles. The Balaban J connectivity index is 1.19. The Labute approximate surface area is 219 Å². The minimum atomic E-state index is 0.282. The molecule has 0 unspecified atom stereocenters. The maximum absolute atomic E-state index is 6.37. The lowest BCUT2D eigenvalue weighted by Gasteiger charge is -2.40. The summed E-state index contributed by atoms with van der Waals surface area (Å²) in [4.78, 5) is 24.6. The van der Waals surface area contributed by atoms with Gasteiger partial charge in [0.05, 0.1) is 9.93 Å². The third kappa shape index (κ3) is 4.16. The molecule has 4 N–H and O–H groups in total. The number of allylic oxidation sites excluding steroid dienone is 2. The van der Waals surface area contributed by atoms with E-state index in [1.807, 2.05) is 48.5 Å². The molecule has 1 spiro atoms. The molecule has 0 atom stereocenters. The normalized spacial score (nSPS) is 24.1. The number of aromatic nitrogens is 2. The number of aliphatic imine (C=N–C) groups is 2. The SMILES string of the molecule is CN1C2=CC=C(Sc3ccnc(N)c3Cl)/C1=N/C=C/C(N1CCC3(CC1)Cc1ccc(N)nc1C3)=N\2. The molecule has 0 amide bonds. The van der Waals surface area contributed by atoms with Crippen molar-refractivity contribution in [3.8, 4) is 0 Å². The predicted molar refractivity (Wildman–Crippen MR) is 147 cm³/mol. The first-order valence-corrected chi connectivity index (χ1v) is 13.2. The fourth-order valence-electron chi connectivity index (χ4n) is 5.34. The molecular weight excluding hydrogens is 492 g/mol. The van der Waals surface area contributed by atoms with Crippen LogP contribution in [0.3, 0.4) is 0 Å². The van der Waals surface area contributed by atoms with Crippen molar-refractivity contribution < 1.29 is 0 Å². The highest BCUT2D eigenvalue weighted by molar-refractivity contribution is 8.04. The number of hydrogen-bond acceptors (Lipinski definition) is 9. The number of pyridine rings is 2. The summed E-state index contributed by atoms with van der Waals surface area (Å²) in [5, 5.41) is 0.454. The number of fused-ring (bicyclic) bond motifs is 3. The van der Waals surface area contributed by atoms with Gasteiger partial charge in [0, 0.05) is 43.1 Å². The molecule has 2 bridgehead atoms. The van der Waals surface area contributed by atoms with Gasteiger partial charge in [-0.05, 0) is 67.0 Å². The van der Waals surface area contributed by atoms with Crippen molar-refractivity contribution in [1.29, 1.82) is 0 Å². The highest BCUT2D eigenvalue weighted by Gasteiger charge is 2.41. The van der Waals surface area contributed by atoms with Gasteiger partial charge in [-0.15, -0.1) is 0 Å². The molecule has 1 fully saturated rings. The van der Waals surface area contributed by atoms with Gasteiger partial charge in [-0.3, -0.25) is 0 Å². The summed E-state index contributed by atoms with van der Waals surface area (Å²) in [6.45, 7) is 1.91.